The van der Waals surface area contributed by atoms with Gasteiger partial charge in [-0.3, -0.25) is 0 Å². The summed E-state index contributed by atoms with van der Waals surface area (Å²) in [4.78, 5) is 5.33. The predicted molar refractivity (Wildman–Crippen MR) is 80.4 cm³/mol. The lowest BCUT2D eigenvalue weighted by Crippen LogP contribution is -2.13. The fourth-order valence-corrected chi connectivity index (χ4v) is 2.91. The van der Waals surface area contributed by atoms with Crippen LogP contribution in [-0.4, -0.2) is 30.7 Å². The zero-order valence-corrected chi connectivity index (χ0v) is 12.7. The third kappa shape index (κ3) is 3.96. The van der Waals surface area contributed by atoms with E-state index in [4.69, 9.17) is 10.9 Å². The van der Waals surface area contributed by atoms with E-state index in [9.17, 15) is 8.42 Å². The number of amidine groups is 1. The Bertz CT molecular complexity index is 754. The summed E-state index contributed by atoms with van der Waals surface area (Å²) in [5, 5.41) is 12.2. The Morgan fingerprint density at radius 2 is 1.90 bits per heavy atom. The molecule has 0 unspecified atom stereocenters. The summed E-state index contributed by atoms with van der Waals surface area (Å²) < 4.78 is 22.7. The number of rotatable bonds is 4. The van der Waals surface area contributed by atoms with E-state index in [1.54, 1.807) is 36.4 Å². The molecule has 110 valence electrons. The van der Waals surface area contributed by atoms with Crippen LogP contribution < -0.4 is 5.73 Å². The Morgan fingerprint density at radius 1 is 1.24 bits per heavy atom. The van der Waals surface area contributed by atoms with Gasteiger partial charge in [-0.05, 0) is 36.4 Å². The molecule has 0 aliphatic carbocycles. The molecule has 1 heterocycles. The molecule has 8 heteroatoms. The second kappa shape index (κ2) is 6.15. The molecule has 0 aliphatic rings. The molecular weight excluding hydrogens is 310 g/mol. The zero-order valence-electron chi connectivity index (χ0n) is 11.1. The summed E-state index contributed by atoms with van der Waals surface area (Å²) in [6.07, 6.45) is 2.67. The Balaban J connectivity index is 2.15. The van der Waals surface area contributed by atoms with Gasteiger partial charge in [0.25, 0.3) is 0 Å². The quantitative estimate of drug-likeness (QED) is 0.384. The molecule has 0 aliphatic heterocycles. The van der Waals surface area contributed by atoms with Crippen molar-refractivity contribution in [1.82, 2.24) is 4.98 Å². The van der Waals surface area contributed by atoms with E-state index in [1.165, 1.54) is 24.2 Å². The van der Waals surface area contributed by atoms with Gasteiger partial charge in [-0.25, -0.2) is 13.4 Å². The smallest absolute Gasteiger partial charge is 0.175 e. The van der Waals surface area contributed by atoms with Crippen molar-refractivity contribution in [3.8, 4) is 0 Å². The van der Waals surface area contributed by atoms with Gasteiger partial charge in [-0.15, -0.1) is 0 Å². The number of oxime groups is 1. The molecule has 0 atom stereocenters. The number of aromatic nitrogens is 1. The number of sulfone groups is 1. The largest absolute Gasteiger partial charge is 0.409 e. The maximum Gasteiger partial charge on any atom is 0.175 e. The summed E-state index contributed by atoms with van der Waals surface area (Å²) >= 11 is 1.39. The van der Waals surface area contributed by atoms with Crippen molar-refractivity contribution >= 4 is 27.4 Å². The van der Waals surface area contributed by atoms with Crippen LogP contribution in [0.15, 0.2) is 62.6 Å². The van der Waals surface area contributed by atoms with E-state index >= 15 is 0 Å². The van der Waals surface area contributed by atoms with Crippen LogP contribution in [0.25, 0.3) is 0 Å². The monoisotopic (exact) mass is 323 g/mol. The summed E-state index contributed by atoms with van der Waals surface area (Å²) in [5.74, 6) is -0.00319. The van der Waals surface area contributed by atoms with Gasteiger partial charge in [-0.1, -0.05) is 16.9 Å². The van der Waals surface area contributed by atoms with Crippen molar-refractivity contribution in [3.63, 3.8) is 0 Å². The Kier molecular flexibility index (Phi) is 4.49. The zero-order chi connectivity index (χ0) is 15.5. The Morgan fingerprint density at radius 3 is 2.38 bits per heavy atom. The molecule has 2 aromatic rings. The molecule has 0 spiro atoms. The first kappa shape index (κ1) is 15.3. The minimum Gasteiger partial charge on any atom is -0.409 e. The highest BCUT2D eigenvalue weighted by molar-refractivity contribution is 7.99. The molecule has 0 saturated heterocycles. The average molecular weight is 323 g/mol. The lowest BCUT2D eigenvalue weighted by atomic mass is 10.3. The molecule has 21 heavy (non-hydrogen) atoms. The predicted octanol–water partition coefficient (Wildman–Crippen LogP) is 1.73. The number of hydrogen-bond acceptors (Lipinski definition) is 6. The van der Waals surface area contributed by atoms with Crippen LogP contribution in [0.4, 0.5) is 0 Å². The summed E-state index contributed by atoms with van der Waals surface area (Å²) in [7, 11) is -3.19. The van der Waals surface area contributed by atoms with Crippen LogP contribution in [0.1, 0.15) is 5.56 Å². The van der Waals surface area contributed by atoms with Crippen molar-refractivity contribution in [2.75, 3.05) is 6.26 Å². The van der Waals surface area contributed by atoms with Crippen molar-refractivity contribution in [3.05, 3.63) is 48.2 Å². The van der Waals surface area contributed by atoms with Crippen LogP contribution in [0.2, 0.25) is 0 Å². The molecule has 2 rings (SSSR count). The van der Waals surface area contributed by atoms with Crippen LogP contribution in [0, 0.1) is 0 Å². The molecule has 0 fully saturated rings. The lowest BCUT2D eigenvalue weighted by molar-refractivity contribution is 0.318. The molecule has 1 aromatic carbocycles. The fraction of sp³-hybridized carbons (Fsp3) is 0.0769. The van der Waals surface area contributed by atoms with Gasteiger partial charge in [-0.2, -0.15) is 0 Å². The number of pyridine rings is 1. The molecule has 3 N–H and O–H groups in total. The van der Waals surface area contributed by atoms with Crippen LogP contribution in [0.3, 0.4) is 0 Å². The van der Waals surface area contributed by atoms with Gasteiger partial charge in [0.1, 0.15) is 5.03 Å². The first-order valence-electron chi connectivity index (χ1n) is 5.82. The second-order valence-electron chi connectivity index (χ2n) is 4.22. The van der Waals surface area contributed by atoms with Gasteiger partial charge in [0.05, 0.1) is 4.90 Å². The van der Waals surface area contributed by atoms with Gasteiger partial charge in [0.15, 0.2) is 15.7 Å². The number of nitrogens with zero attached hydrogens (tertiary/aromatic N) is 2. The summed E-state index contributed by atoms with van der Waals surface area (Å²) in [6, 6.07) is 9.99. The molecule has 1 aromatic heterocycles. The Hall–Kier alpha value is -2.06. The van der Waals surface area contributed by atoms with Gasteiger partial charge < -0.3 is 10.9 Å². The highest BCUT2D eigenvalue weighted by Crippen LogP contribution is 2.26. The molecular formula is C13H13N3O3S2. The second-order valence-corrected chi connectivity index (χ2v) is 7.33. The van der Waals surface area contributed by atoms with Gasteiger partial charge >= 0.3 is 0 Å². The summed E-state index contributed by atoms with van der Waals surface area (Å²) in [5.41, 5.74) is 5.97. The minimum absolute atomic E-state index is 0.00319. The third-order valence-corrected chi connectivity index (χ3v) is 4.70. The van der Waals surface area contributed by atoms with E-state index < -0.39 is 9.84 Å². The van der Waals surface area contributed by atoms with E-state index in [1.807, 2.05) is 0 Å². The van der Waals surface area contributed by atoms with Crippen molar-refractivity contribution < 1.29 is 13.6 Å². The van der Waals surface area contributed by atoms with E-state index in [2.05, 4.69) is 10.1 Å². The SMILES string of the molecule is CS(=O)(=O)c1ccc(Sc2ccc(C(N)=NO)cn2)cc1. The average Bonchev–Trinajstić information content (AvgIpc) is 2.47. The molecule has 0 amide bonds. The third-order valence-electron chi connectivity index (χ3n) is 2.61. The highest BCUT2D eigenvalue weighted by atomic mass is 32.2. The van der Waals surface area contributed by atoms with E-state index in [-0.39, 0.29) is 10.7 Å². The first-order chi connectivity index (χ1) is 9.90. The highest BCUT2D eigenvalue weighted by Gasteiger charge is 2.07. The van der Waals surface area contributed by atoms with E-state index in [0.717, 1.165) is 9.92 Å². The standard InChI is InChI=1S/C13H13N3O3S2/c1-21(18,19)11-5-3-10(4-6-11)20-12-7-2-9(8-15-12)13(14)16-17/h2-8,17H,1H3,(H2,14,16). The topological polar surface area (TPSA) is 106 Å². The normalized spacial score (nSPS) is 12.3. The molecule has 0 saturated carbocycles. The fourth-order valence-electron chi connectivity index (χ4n) is 1.53. The lowest BCUT2D eigenvalue weighted by Gasteiger charge is -2.03. The number of benzene rings is 1. The summed E-state index contributed by atoms with van der Waals surface area (Å²) in [6.45, 7) is 0. The van der Waals surface area contributed by atoms with E-state index in [0.29, 0.717) is 5.56 Å². The van der Waals surface area contributed by atoms with Crippen LogP contribution in [0.5, 0.6) is 0 Å². The maximum atomic E-state index is 11.4. The van der Waals surface area contributed by atoms with Crippen LogP contribution >= 0.6 is 11.8 Å². The first-order valence-corrected chi connectivity index (χ1v) is 8.53. The molecule has 6 nitrogen and oxygen atoms in total. The van der Waals surface area contributed by atoms with Crippen molar-refractivity contribution in [2.24, 2.45) is 10.9 Å². The van der Waals surface area contributed by atoms with Crippen LogP contribution in [-0.2, 0) is 9.84 Å². The Labute approximate surface area is 126 Å². The van der Waals surface area contributed by atoms with Crippen molar-refractivity contribution in [1.29, 1.82) is 0 Å². The minimum atomic E-state index is -3.19. The molecule has 0 radical (unpaired) electrons. The maximum absolute atomic E-state index is 11.4. The number of hydrogen-bond donors (Lipinski definition) is 2. The van der Waals surface area contributed by atoms with Gasteiger partial charge in [0, 0.05) is 22.9 Å². The number of nitrogens with two attached hydrogens (primary N) is 1. The molecule has 0 bridgehead atoms. The van der Waals surface area contributed by atoms with Gasteiger partial charge in [0.2, 0.25) is 0 Å². The van der Waals surface area contributed by atoms with Crippen molar-refractivity contribution in [2.45, 2.75) is 14.8 Å².